The van der Waals surface area contributed by atoms with Crippen LogP contribution in [0.4, 0.5) is 5.82 Å². The van der Waals surface area contributed by atoms with Gasteiger partial charge in [0.1, 0.15) is 25.4 Å². The standard InChI is InChI=1S/C16H23N3O4.C9H12.2C2H6/c1-4-17-16-12-9-14(22-7-5-20-2)15(23-8-6-21-3)10-13(12)18-11-19-16;1-5-9(6-2)7-8(3)4;2*1-2/h9-11H,4-8H2,1-3H3,(H,17,18,19);1,6-7H,2-4H3;2*1-2H3/b;9-6-;;. The number of fused-ring (bicyclic) bond motifs is 1. The molecule has 2 rings (SSSR count). The van der Waals surface area contributed by atoms with Gasteiger partial charge in [0.25, 0.3) is 0 Å². The first-order valence-electron chi connectivity index (χ1n) is 12.5. The number of terminal acetylenes is 1. The summed E-state index contributed by atoms with van der Waals surface area (Å²) in [5, 5.41) is 4.11. The summed E-state index contributed by atoms with van der Waals surface area (Å²) in [6.07, 6.45) is 10.6. The molecule has 0 atom stereocenters. The van der Waals surface area contributed by atoms with Crippen LogP contribution in [0, 0.1) is 12.3 Å². The highest BCUT2D eigenvalue weighted by molar-refractivity contribution is 5.91. The van der Waals surface area contributed by atoms with E-state index in [1.54, 1.807) is 14.2 Å². The number of ether oxygens (including phenoxy) is 4. The molecule has 1 aromatic carbocycles. The molecule has 1 N–H and O–H groups in total. The maximum absolute atomic E-state index is 5.78. The third-order valence-corrected chi connectivity index (χ3v) is 4.06. The molecule has 0 aliphatic carbocycles. The molecule has 0 unspecified atom stereocenters. The van der Waals surface area contributed by atoms with E-state index in [9.17, 15) is 0 Å². The summed E-state index contributed by atoms with van der Waals surface area (Å²) >= 11 is 0. The first kappa shape index (κ1) is 35.1. The van der Waals surface area contributed by atoms with E-state index in [-0.39, 0.29) is 0 Å². The van der Waals surface area contributed by atoms with Crippen molar-refractivity contribution in [3.63, 3.8) is 0 Å². The normalized spacial score (nSPS) is 9.75. The lowest BCUT2D eigenvalue weighted by molar-refractivity contribution is 0.132. The van der Waals surface area contributed by atoms with Gasteiger partial charge in [0.15, 0.2) is 11.5 Å². The summed E-state index contributed by atoms with van der Waals surface area (Å²) in [5.41, 5.74) is 2.98. The zero-order valence-electron chi connectivity index (χ0n) is 24.0. The molecule has 0 aliphatic heterocycles. The van der Waals surface area contributed by atoms with Crippen molar-refractivity contribution < 1.29 is 18.9 Å². The second-order valence-electron chi connectivity index (χ2n) is 6.86. The van der Waals surface area contributed by atoms with E-state index < -0.39 is 0 Å². The minimum atomic E-state index is 0.437. The van der Waals surface area contributed by atoms with Crippen molar-refractivity contribution in [1.29, 1.82) is 0 Å². The van der Waals surface area contributed by atoms with E-state index in [1.807, 2.05) is 79.7 Å². The number of aromatic nitrogens is 2. The Morgan fingerprint density at radius 3 is 1.92 bits per heavy atom. The molecule has 0 bridgehead atoms. The minimum Gasteiger partial charge on any atom is -0.487 e. The molecule has 0 spiro atoms. The van der Waals surface area contributed by atoms with Gasteiger partial charge in [-0.1, -0.05) is 45.3 Å². The van der Waals surface area contributed by atoms with Gasteiger partial charge in [-0.05, 0) is 39.8 Å². The van der Waals surface area contributed by atoms with Gasteiger partial charge < -0.3 is 24.3 Å². The number of methoxy groups -OCH3 is 2. The van der Waals surface area contributed by atoms with Crippen LogP contribution in [0.3, 0.4) is 0 Å². The first-order chi connectivity index (χ1) is 17.5. The monoisotopic (exact) mass is 501 g/mol. The van der Waals surface area contributed by atoms with Crippen LogP contribution in [0.5, 0.6) is 11.5 Å². The Labute approximate surface area is 219 Å². The molecule has 1 aromatic heterocycles. The lowest BCUT2D eigenvalue weighted by Gasteiger charge is -2.15. The van der Waals surface area contributed by atoms with E-state index in [1.165, 1.54) is 11.9 Å². The van der Waals surface area contributed by atoms with E-state index in [4.69, 9.17) is 25.4 Å². The van der Waals surface area contributed by atoms with Gasteiger partial charge in [0.05, 0.1) is 18.7 Å². The number of hydrogen-bond acceptors (Lipinski definition) is 7. The molecule has 36 heavy (non-hydrogen) atoms. The molecule has 7 heteroatoms. The molecule has 0 radical (unpaired) electrons. The maximum atomic E-state index is 5.78. The second kappa shape index (κ2) is 23.7. The summed E-state index contributed by atoms with van der Waals surface area (Å²) in [5.74, 6) is 4.61. The highest BCUT2D eigenvalue weighted by Crippen LogP contribution is 2.34. The quantitative estimate of drug-likeness (QED) is 0.209. The summed E-state index contributed by atoms with van der Waals surface area (Å²) < 4.78 is 21.6. The van der Waals surface area contributed by atoms with E-state index in [0.717, 1.165) is 28.8 Å². The van der Waals surface area contributed by atoms with Crippen LogP contribution in [0.2, 0.25) is 0 Å². The van der Waals surface area contributed by atoms with Gasteiger partial charge in [-0.25, -0.2) is 9.97 Å². The fourth-order valence-corrected chi connectivity index (χ4v) is 2.59. The first-order valence-corrected chi connectivity index (χ1v) is 12.5. The number of nitrogens with zero attached hydrogens (tertiary/aromatic N) is 2. The molecule has 2 aromatic rings. The number of anilines is 1. The van der Waals surface area contributed by atoms with Crippen molar-refractivity contribution in [1.82, 2.24) is 9.97 Å². The molecular weight excluding hydrogens is 454 g/mol. The Morgan fingerprint density at radius 1 is 0.944 bits per heavy atom. The molecule has 0 amide bonds. The van der Waals surface area contributed by atoms with Crippen molar-refractivity contribution in [2.45, 2.75) is 55.4 Å². The summed E-state index contributed by atoms with van der Waals surface area (Å²) in [4.78, 5) is 8.58. The van der Waals surface area contributed by atoms with Gasteiger partial charge in [-0.15, -0.1) is 6.42 Å². The van der Waals surface area contributed by atoms with E-state index in [2.05, 4.69) is 21.2 Å². The number of nitrogens with one attached hydrogen (secondary N) is 1. The molecular formula is C29H47N3O4. The zero-order chi connectivity index (χ0) is 27.8. The van der Waals surface area contributed by atoms with Crippen LogP contribution in [-0.2, 0) is 9.47 Å². The Morgan fingerprint density at radius 2 is 1.50 bits per heavy atom. The van der Waals surface area contributed by atoms with Crippen LogP contribution in [0.25, 0.3) is 10.9 Å². The van der Waals surface area contributed by atoms with Crippen LogP contribution >= 0.6 is 0 Å². The zero-order valence-corrected chi connectivity index (χ0v) is 24.0. The van der Waals surface area contributed by atoms with E-state index in [0.29, 0.717) is 37.9 Å². The van der Waals surface area contributed by atoms with Crippen molar-refractivity contribution >= 4 is 16.7 Å². The second-order valence-corrected chi connectivity index (χ2v) is 6.86. The number of hydrogen-bond donors (Lipinski definition) is 1. The van der Waals surface area contributed by atoms with Crippen molar-refractivity contribution in [2.75, 3.05) is 52.5 Å². The van der Waals surface area contributed by atoms with Crippen LogP contribution in [0.15, 0.2) is 41.8 Å². The molecule has 202 valence electrons. The lowest BCUT2D eigenvalue weighted by atomic mass is 10.2. The fraction of sp³-hybridized carbons (Fsp3) is 0.517. The molecule has 0 aliphatic rings. The Balaban J connectivity index is 0. The van der Waals surface area contributed by atoms with Crippen molar-refractivity contribution in [3.05, 3.63) is 41.8 Å². The Bertz CT molecular complexity index is 930. The fourth-order valence-electron chi connectivity index (χ4n) is 2.59. The average Bonchev–Trinajstić information content (AvgIpc) is 2.90. The Hall–Kier alpha value is -3.08. The summed E-state index contributed by atoms with van der Waals surface area (Å²) in [6, 6.07) is 3.75. The molecule has 7 nitrogen and oxygen atoms in total. The summed E-state index contributed by atoms with van der Waals surface area (Å²) in [6.45, 7) is 18.7. The van der Waals surface area contributed by atoms with Gasteiger partial charge in [0.2, 0.25) is 0 Å². The van der Waals surface area contributed by atoms with Crippen LogP contribution < -0.4 is 14.8 Å². The van der Waals surface area contributed by atoms with Gasteiger partial charge in [0, 0.05) is 37.8 Å². The predicted molar refractivity (Wildman–Crippen MR) is 153 cm³/mol. The minimum absolute atomic E-state index is 0.437. The third kappa shape index (κ3) is 14.3. The average molecular weight is 502 g/mol. The summed E-state index contributed by atoms with van der Waals surface area (Å²) in [7, 11) is 3.27. The molecule has 0 saturated carbocycles. The van der Waals surface area contributed by atoms with Crippen molar-refractivity contribution in [2.24, 2.45) is 0 Å². The highest BCUT2D eigenvalue weighted by atomic mass is 16.5. The largest absolute Gasteiger partial charge is 0.487 e. The Kier molecular flexibility index (Phi) is 23.1. The topological polar surface area (TPSA) is 74.7 Å². The number of allylic oxidation sites excluding steroid dienone is 4. The highest BCUT2D eigenvalue weighted by Gasteiger charge is 2.12. The lowest BCUT2D eigenvalue weighted by Crippen LogP contribution is -2.09. The smallest absolute Gasteiger partial charge is 0.163 e. The number of rotatable bonds is 11. The third-order valence-electron chi connectivity index (χ3n) is 4.06. The SMILES string of the molecule is C#C/C(C=C(C)C)=C/C.CC.CC.CCNc1ncnc2cc(OCCOC)c(OCCOC)cc12. The number of benzene rings is 1. The molecule has 0 saturated heterocycles. The predicted octanol–water partition coefficient (Wildman–Crippen LogP) is 6.70. The van der Waals surface area contributed by atoms with Crippen molar-refractivity contribution in [3.8, 4) is 23.8 Å². The molecule has 1 heterocycles. The maximum Gasteiger partial charge on any atom is 0.163 e. The van der Waals surface area contributed by atoms with Gasteiger partial charge in [-0.2, -0.15) is 0 Å². The molecule has 0 fully saturated rings. The van der Waals surface area contributed by atoms with Crippen LogP contribution in [0.1, 0.15) is 55.4 Å². The van der Waals surface area contributed by atoms with Crippen LogP contribution in [-0.4, -0.2) is 57.2 Å². The van der Waals surface area contributed by atoms with Gasteiger partial charge in [-0.3, -0.25) is 0 Å². The van der Waals surface area contributed by atoms with Gasteiger partial charge >= 0.3 is 0 Å². The van der Waals surface area contributed by atoms with E-state index >= 15 is 0 Å².